The number of hydrogen-bond donors (Lipinski definition) is 0. The number of halogens is 1. The van der Waals surface area contributed by atoms with Gasteiger partial charge in [0.15, 0.2) is 5.78 Å². The Morgan fingerprint density at radius 1 is 1.33 bits per heavy atom. The van der Waals surface area contributed by atoms with Gasteiger partial charge >= 0.3 is 0 Å². The van der Waals surface area contributed by atoms with Gasteiger partial charge < -0.3 is 4.74 Å². The zero-order valence-corrected chi connectivity index (χ0v) is 11.9. The predicted molar refractivity (Wildman–Crippen MR) is 74.5 cm³/mol. The second kappa shape index (κ2) is 4.54. The fourth-order valence-electron chi connectivity index (χ4n) is 3.10. The summed E-state index contributed by atoms with van der Waals surface area (Å²) in [5, 5.41) is 0. The van der Waals surface area contributed by atoms with Crippen LogP contribution in [-0.4, -0.2) is 12.9 Å². The molecule has 0 amide bonds. The summed E-state index contributed by atoms with van der Waals surface area (Å²) in [7, 11) is 1.66. The molecular formula is C15H15BrO2. The number of methoxy groups -OCH3 is 1. The quantitative estimate of drug-likeness (QED) is 0.776. The van der Waals surface area contributed by atoms with Crippen molar-refractivity contribution in [3.05, 3.63) is 33.8 Å². The summed E-state index contributed by atoms with van der Waals surface area (Å²) in [6, 6.07) is 5.91. The zero-order valence-electron chi connectivity index (χ0n) is 10.3. The number of rotatable bonds is 2. The van der Waals surface area contributed by atoms with E-state index in [4.69, 9.17) is 4.74 Å². The van der Waals surface area contributed by atoms with Gasteiger partial charge in [0.05, 0.1) is 7.11 Å². The molecule has 2 bridgehead atoms. The molecule has 2 aliphatic rings. The Balaban J connectivity index is 1.99. The first-order valence-corrected chi connectivity index (χ1v) is 7.07. The van der Waals surface area contributed by atoms with Crippen molar-refractivity contribution < 1.29 is 9.53 Å². The van der Waals surface area contributed by atoms with Crippen LogP contribution in [0.15, 0.2) is 28.2 Å². The topological polar surface area (TPSA) is 26.3 Å². The van der Waals surface area contributed by atoms with Crippen molar-refractivity contribution in [2.75, 3.05) is 7.11 Å². The SMILES string of the molecule is COc1cc(Br)ccc1/C=C1\C(=O)C2CCC1C2. The van der Waals surface area contributed by atoms with E-state index in [1.165, 1.54) is 6.42 Å². The van der Waals surface area contributed by atoms with E-state index in [1.807, 2.05) is 24.3 Å². The average Bonchev–Trinajstić information content (AvgIpc) is 2.94. The van der Waals surface area contributed by atoms with Crippen LogP contribution in [0.1, 0.15) is 24.8 Å². The Hall–Kier alpha value is -1.09. The molecule has 0 spiro atoms. The molecule has 0 aliphatic heterocycles. The number of ketones is 1. The number of carbonyl (C=O) groups is 1. The van der Waals surface area contributed by atoms with Gasteiger partial charge in [-0.2, -0.15) is 0 Å². The van der Waals surface area contributed by atoms with Crippen LogP contribution in [0.2, 0.25) is 0 Å². The molecular weight excluding hydrogens is 292 g/mol. The molecule has 3 rings (SSSR count). The lowest BCUT2D eigenvalue weighted by atomic mass is 9.92. The van der Waals surface area contributed by atoms with Crippen LogP contribution in [0.3, 0.4) is 0 Å². The first-order valence-electron chi connectivity index (χ1n) is 6.28. The number of benzene rings is 1. The fourth-order valence-corrected chi connectivity index (χ4v) is 3.44. The van der Waals surface area contributed by atoms with Crippen molar-refractivity contribution in [3.8, 4) is 5.75 Å². The molecule has 2 aliphatic carbocycles. The summed E-state index contributed by atoms with van der Waals surface area (Å²) in [6.07, 6.45) is 5.33. The number of fused-ring (bicyclic) bond motifs is 2. The minimum Gasteiger partial charge on any atom is -0.496 e. The van der Waals surface area contributed by atoms with Crippen LogP contribution in [0, 0.1) is 11.8 Å². The van der Waals surface area contributed by atoms with E-state index in [0.717, 1.165) is 34.2 Å². The van der Waals surface area contributed by atoms with Crippen LogP contribution >= 0.6 is 15.9 Å². The number of hydrogen-bond acceptors (Lipinski definition) is 2. The Morgan fingerprint density at radius 3 is 2.78 bits per heavy atom. The van der Waals surface area contributed by atoms with Gasteiger partial charge in [-0.3, -0.25) is 4.79 Å². The molecule has 2 unspecified atom stereocenters. The number of Topliss-reactive ketones (excluding diaryl/α,β-unsaturated/α-hetero) is 1. The van der Waals surface area contributed by atoms with Crippen LogP contribution in [-0.2, 0) is 4.79 Å². The first kappa shape index (κ1) is 12.0. The monoisotopic (exact) mass is 306 g/mol. The summed E-state index contributed by atoms with van der Waals surface area (Å²) in [4.78, 5) is 12.1. The molecule has 18 heavy (non-hydrogen) atoms. The third-order valence-corrected chi connectivity index (χ3v) is 4.53. The van der Waals surface area contributed by atoms with Crippen molar-refractivity contribution >= 4 is 27.8 Å². The lowest BCUT2D eigenvalue weighted by Crippen LogP contribution is -2.12. The van der Waals surface area contributed by atoms with Crippen molar-refractivity contribution in [2.45, 2.75) is 19.3 Å². The standard InChI is InChI=1S/C15H15BrO2/c1-18-14-8-12(16)5-4-10(14)7-13-9-2-3-11(6-9)15(13)17/h4-5,7-9,11H,2-3,6H2,1H3/b13-7-. The normalized spacial score (nSPS) is 28.1. The van der Waals surface area contributed by atoms with Gasteiger partial charge in [-0.25, -0.2) is 0 Å². The summed E-state index contributed by atoms with van der Waals surface area (Å²) >= 11 is 3.43. The number of ether oxygens (including phenoxy) is 1. The van der Waals surface area contributed by atoms with E-state index in [2.05, 4.69) is 15.9 Å². The third kappa shape index (κ3) is 1.91. The largest absolute Gasteiger partial charge is 0.496 e. The molecule has 0 aromatic heterocycles. The van der Waals surface area contributed by atoms with Gasteiger partial charge in [0.25, 0.3) is 0 Å². The van der Waals surface area contributed by atoms with E-state index in [-0.39, 0.29) is 0 Å². The van der Waals surface area contributed by atoms with E-state index in [9.17, 15) is 4.79 Å². The Kier molecular flexibility index (Phi) is 3.02. The van der Waals surface area contributed by atoms with Crippen molar-refractivity contribution in [3.63, 3.8) is 0 Å². The molecule has 1 aromatic carbocycles. The molecule has 1 aromatic rings. The van der Waals surface area contributed by atoms with Gasteiger partial charge in [0.1, 0.15) is 5.75 Å². The highest BCUT2D eigenvalue weighted by Crippen LogP contribution is 2.46. The second-order valence-corrected chi connectivity index (χ2v) is 5.97. The summed E-state index contributed by atoms with van der Waals surface area (Å²) < 4.78 is 6.35. The highest BCUT2D eigenvalue weighted by molar-refractivity contribution is 9.10. The minimum absolute atomic E-state index is 0.294. The second-order valence-electron chi connectivity index (χ2n) is 5.06. The predicted octanol–water partition coefficient (Wildman–Crippen LogP) is 3.84. The van der Waals surface area contributed by atoms with Crippen LogP contribution in [0.5, 0.6) is 5.75 Å². The smallest absolute Gasteiger partial charge is 0.162 e. The van der Waals surface area contributed by atoms with E-state index < -0.39 is 0 Å². The van der Waals surface area contributed by atoms with Crippen molar-refractivity contribution in [1.29, 1.82) is 0 Å². The molecule has 0 radical (unpaired) electrons. The van der Waals surface area contributed by atoms with E-state index >= 15 is 0 Å². The molecule has 2 fully saturated rings. The molecule has 0 heterocycles. The molecule has 3 heteroatoms. The first-order chi connectivity index (χ1) is 8.69. The van der Waals surface area contributed by atoms with E-state index in [1.54, 1.807) is 7.11 Å². The molecule has 2 nitrogen and oxygen atoms in total. The zero-order chi connectivity index (χ0) is 12.7. The highest BCUT2D eigenvalue weighted by atomic mass is 79.9. The molecule has 0 N–H and O–H groups in total. The van der Waals surface area contributed by atoms with Gasteiger partial charge in [0, 0.05) is 16.0 Å². The minimum atomic E-state index is 0.294. The van der Waals surface area contributed by atoms with Crippen molar-refractivity contribution in [1.82, 2.24) is 0 Å². The molecule has 2 atom stereocenters. The van der Waals surface area contributed by atoms with Gasteiger partial charge in [-0.1, -0.05) is 22.0 Å². The molecule has 0 saturated heterocycles. The maximum atomic E-state index is 12.1. The van der Waals surface area contributed by atoms with Crippen molar-refractivity contribution in [2.24, 2.45) is 11.8 Å². The summed E-state index contributed by atoms with van der Waals surface area (Å²) in [5.41, 5.74) is 2.00. The van der Waals surface area contributed by atoms with E-state index in [0.29, 0.717) is 17.6 Å². The average molecular weight is 307 g/mol. The van der Waals surface area contributed by atoms with Gasteiger partial charge in [0.2, 0.25) is 0 Å². The molecule has 94 valence electrons. The van der Waals surface area contributed by atoms with Crippen LogP contribution in [0.4, 0.5) is 0 Å². The van der Waals surface area contributed by atoms with Gasteiger partial charge in [-0.15, -0.1) is 0 Å². The maximum Gasteiger partial charge on any atom is 0.162 e. The lowest BCUT2D eigenvalue weighted by molar-refractivity contribution is -0.118. The Morgan fingerprint density at radius 2 is 2.11 bits per heavy atom. The Labute approximate surface area is 115 Å². The maximum absolute atomic E-state index is 12.1. The Bertz CT molecular complexity index is 533. The summed E-state index contributed by atoms with van der Waals surface area (Å²) in [6.45, 7) is 0. The van der Waals surface area contributed by atoms with Crippen LogP contribution < -0.4 is 4.74 Å². The third-order valence-electron chi connectivity index (χ3n) is 4.03. The lowest BCUT2D eigenvalue weighted by Gasteiger charge is -2.13. The van der Waals surface area contributed by atoms with Crippen LogP contribution in [0.25, 0.3) is 6.08 Å². The number of allylic oxidation sites excluding steroid dienone is 1. The molecule has 2 saturated carbocycles. The highest BCUT2D eigenvalue weighted by Gasteiger charge is 2.42. The fraction of sp³-hybridized carbons (Fsp3) is 0.400. The number of carbonyl (C=O) groups excluding carboxylic acids is 1. The van der Waals surface area contributed by atoms with Gasteiger partial charge in [-0.05, 0) is 49.0 Å². The summed E-state index contributed by atoms with van der Waals surface area (Å²) in [5.74, 6) is 1.95.